The Hall–Kier alpha value is -1.85. The average Bonchev–Trinajstić information content (AvgIpc) is 2.40. The second-order valence-electron chi connectivity index (χ2n) is 4.21. The van der Waals surface area contributed by atoms with Gasteiger partial charge in [-0.15, -0.1) is 0 Å². The summed E-state index contributed by atoms with van der Waals surface area (Å²) in [5.74, 6) is 3.27. The first-order valence-electron chi connectivity index (χ1n) is 5.71. The van der Waals surface area contributed by atoms with Crippen molar-refractivity contribution in [3.63, 3.8) is 0 Å². The van der Waals surface area contributed by atoms with Crippen molar-refractivity contribution >= 4 is 0 Å². The fourth-order valence-corrected chi connectivity index (χ4v) is 1.98. The van der Waals surface area contributed by atoms with Gasteiger partial charge in [0.1, 0.15) is 17.5 Å². The van der Waals surface area contributed by atoms with Crippen molar-refractivity contribution in [2.24, 2.45) is 5.84 Å². The molecule has 2 aromatic rings. The third-order valence-electron chi connectivity index (χ3n) is 2.99. The summed E-state index contributed by atoms with van der Waals surface area (Å²) in [7, 11) is 0. The number of nitrogens with one attached hydrogen (secondary N) is 1. The Morgan fingerprint density at radius 3 is 2.32 bits per heavy atom. The quantitative estimate of drug-likeness (QED) is 0.662. The lowest BCUT2D eigenvalue weighted by Crippen LogP contribution is -2.31. The molecule has 2 nitrogen and oxygen atoms in total. The standard InChI is InChI=1S/C14H13F3N2/c1-8-6-7-11(16)12(13(8)17)14(19-18)9-4-2-3-5-10(9)15/h2-7,14,19H,18H2,1H3. The van der Waals surface area contributed by atoms with E-state index in [0.29, 0.717) is 0 Å². The molecule has 0 aromatic heterocycles. The number of rotatable bonds is 3. The number of benzene rings is 2. The van der Waals surface area contributed by atoms with Gasteiger partial charge in [-0.3, -0.25) is 5.84 Å². The van der Waals surface area contributed by atoms with Gasteiger partial charge in [0.05, 0.1) is 6.04 Å². The molecule has 0 radical (unpaired) electrons. The van der Waals surface area contributed by atoms with E-state index in [1.807, 2.05) is 0 Å². The van der Waals surface area contributed by atoms with Crippen molar-refractivity contribution in [1.29, 1.82) is 0 Å². The number of halogens is 3. The normalized spacial score (nSPS) is 12.5. The maximum Gasteiger partial charge on any atom is 0.134 e. The molecular weight excluding hydrogens is 253 g/mol. The van der Waals surface area contributed by atoms with Crippen molar-refractivity contribution in [1.82, 2.24) is 5.43 Å². The highest BCUT2D eigenvalue weighted by atomic mass is 19.1. The van der Waals surface area contributed by atoms with Crippen LogP contribution in [0.25, 0.3) is 0 Å². The van der Waals surface area contributed by atoms with Crippen LogP contribution in [0.1, 0.15) is 22.7 Å². The minimum Gasteiger partial charge on any atom is -0.271 e. The van der Waals surface area contributed by atoms with Crippen LogP contribution in [0.15, 0.2) is 36.4 Å². The van der Waals surface area contributed by atoms with E-state index in [4.69, 9.17) is 5.84 Å². The van der Waals surface area contributed by atoms with Crippen LogP contribution < -0.4 is 11.3 Å². The zero-order valence-corrected chi connectivity index (χ0v) is 10.3. The Kier molecular flexibility index (Phi) is 3.87. The average molecular weight is 266 g/mol. The highest BCUT2D eigenvalue weighted by molar-refractivity contribution is 5.36. The summed E-state index contributed by atoms with van der Waals surface area (Å²) in [5, 5.41) is 0. The van der Waals surface area contributed by atoms with Gasteiger partial charge in [0.15, 0.2) is 0 Å². The lowest BCUT2D eigenvalue weighted by Gasteiger charge is -2.19. The Labute approximate surface area is 109 Å². The van der Waals surface area contributed by atoms with E-state index >= 15 is 0 Å². The highest BCUT2D eigenvalue weighted by Gasteiger charge is 2.24. The second kappa shape index (κ2) is 5.42. The molecule has 0 bridgehead atoms. The van der Waals surface area contributed by atoms with Crippen LogP contribution >= 0.6 is 0 Å². The zero-order valence-electron chi connectivity index (χ0n) is 10.3. The van der Waals surface area contributed by atoms with Gasteiger partial charge < -0.3 is 0 Å². The molecule has 0 aliphatic heterocycles. The molecule has 0 fully saturated rings. The molecule has 0 saturated heterocycles. The Balaban J connectivity index is 2.61. The second-order valence-corrected chi connectivity index (χ2v) is 4.21. The van der Waals surface area contributed by atoms with Gasteiger partial charge >= 0.3 is 0 Å². The van der Waals surface area contributed by atoms with Crippen LogP contribution in [-0.2, 0) is 0 Å². The Bertz CT molecular complexity index is 599. The zero-order chi connectivity index (χ0) is 14.0. The predicted octanol–water partition coefficient (Wildman–Crippen LogP) is 2.97. The van der Waals surface area contributed by atoms with E-state index in [2.05, 4.69) is 5.43 Å². The smallest absolute Gasteiger partial charge is 0.134 e. The minimum atomic E-state index is -1.08. The van der Waals surface area contributed by atoms with E-state index < -0.39 is 23.5 Å². The van der Waals surface area contributed by atoms with Gasteiger partial charge in [0, 0.05) is 11.1 Å². The van der Waals surface area contributed by atoms with Gasteiger partial charge in [-0.25, -0.2) is 18.6 Å². The first-order valence-corrected chi connectivity index (χ1v) is 5.71. The molecule has 0 heterocycles. The molecule has 0 amide bonds. The topological polar surface area (TPSA) is 38.0 Å². The van der Waals surface area contributed by atoms with E-state index in [-0.39, 0.29) is 16.7 Å². The van der Waals surface area contributed by atoms with Crippen molar-refractivity contribution in [2.45, 2.75) is 13.0 Å². The number of hydrogen-bond donors (Lipinski definition) is 2. The fraction of sp³-hybridized carbons (Fsp3) is 0.143. The molecule has 1 atom stereocenters. The van der Waals surface area contributed by atoms with E-state index in [1.165, 1.54) is 31.2 Å². The van der Waals surface area contributed by atoms with Crippen LogP contribution in [0.5, 0.6) is 0 Å². The number of aryl methyl sites for hydroxylation is 1. The predicted molar refractivity (Wildman–Crippen MR) is 66.7 cm³/mol. The lowest BCUT2D eigenvalue weighted by molar-refractivity contribution is 0.492. The van der Waals surface area contributed by atoms with Crippen molar-refractivity contribution in [2.75, 3.05) is 0 Å². The highest BCUT2D eigenvalue weighted by Crippen LogP contribution is 2.29. The van der Waals surface area contributed by atoms with Gasteiger partial charge in [-0.05, 0) is 24.6 Å². The van der Waals surface area contributed by atoms with Crippen LogP contribution in [0.2, 0.25) is 0 Å². The molecule has 19 heavy (non-hydrogen) atoms. The number of hydrogen-bond acceptors (Lipinski definition) is 2. The van der Waals surface area contributed by atoms with Crippen LogP contribution in [0, 0.1) is 24.4 Å². The lowest BCUT2D eigenvalue weighted by atomic mass is 9.96. The summed E-state index contributed by atoms with van der Waals surface area (Å²) in [6, 6.07) is 7.10. The Morgan fingerprint density at radius 2 is 1.68 bits per heavy atom. The molecular formula is C14H13F3N2. The van der Waals surface area contributed by atoms with E-state index in [0.717, 1.165) is 6.07 Å². The SMILES string of the molecule is Cc1ccc(F)c(C(NN)c2ccccc2F)c1F. The molecule has 5 heteroatoms. The van der Waals surface area contributed by atoms with E-state index in [9.17, 15) is 13.2 Å². The molecule has 0 spiro atoms. The maximum atomic E-state index is 14.1. The van der Waals surface area contributed by atoms with Gasteiger partial charge in [-0.2, -0.15) is 0 Å². The molecule has 3 N–H and O–H groups in total. The fourth-order valence-electron chi connectivity index (χ4n) is 1.98. The summed E-state index contributed by atoms with van der Waals surface area (Å²) in [6.45, 7) is 1.51. The van der Waals surface area contributed by atoms with Crippen molar-refractivity contribution in [3.8, 4) is 0 Å². The third kappa shape index (κ3) is 2.47. The molecule has 2 aromatic carbocycles. The first kappa shape index (κ1) is 13.6. The summed E-state index contributed by atoms with van der Waals surface area (Å²) in [4.78, 5) is 0. The van der Waals surface area contributed by atoms with Crippen LogP contribution in [-0.4, -0.2) is 0 Å². The summed E-state index contributed by atoms with van der Waals surface area (Å²) in [6.07, 6.45) is 0. The molecule has 2 rings (SSSR count). The Morgan fingerprint density at radius 1 is 1.00 bits per heavy atom. The van der Waals surface area contributed by atoms with Crippen LogP contribution in [0.3, 0.4) is 0 Å². The molecule has 0 aliphatic rings. The first-order chi connectivity index (χ1) is 9.06. The molecule has 0 saturated carbocycles. The van der Waals surface area contributed by atoms with Crippen LogP contribution in [0.4, 0.5) is 13.2 Å². The largest absolute Gasteiger partial charge is 0.271 e. The van der Waals surface area contributed by atoms with Crippen molar-refractivity contribution < 1.29 is 13.2 Å². The summed E-state index contributed by atoms with van der Waals surface area (Å²) >= 11 is 0. The monoisotopic (exact) mass is 266 g/mol. The minimum absolute atomic E-state index is 0.0911. The van der Waals surface area contributed by atoms with E-state index in [1.54, 1.807) is 6.07 Å². The third-order valence-corrected chi connectivity index (χ3v) is 2.99. The summed E-state index contributed by atoms with van der Waals surface area (Å²) in [5.41, 5.74) is 2.34. The molecule has 100 valence electrons. The summed E-state index contributed by atoms with van der Waals surface area (Å²) < 4.78 is 41.6. The maximum absolute atomic E-state index is 14.1. The van der Waals surface area contributed by atoms with Gasteiger partial charge in [-0.1, -0.05) is 24.3 Å². The van der Waals surface area contributed by atoms with Gasteiger partial charge in [0.25, 0.3) is 0 Å². The number of nitrogens with two attached hydrogens (primary N) is 1. The number of hydrazine groups is 1. The van der Waals surface area contributed by atoms with Gasteiger partial charge in [0.2, 0.25) is 0 Å². The molecule has 0 aliphatic carbocycles. The molecule has 1 unspecified atom stereocenters. The van der Waals surface area contributed by atoms with Crippen molar-refractivity contribution in [3.05, 3.63) is 70.5 Å².